The van der Waals surface area contributed by atoms with Crippen LogP contribution in [0.15, 0.2) is 24.4 Å². The van der Waals surface area contributed by atoms with Crippen molar-refractivity contribution in [1.82, 2.24) is 15.5 Å². The molecule has 0 aliphatic heterocycles. The minimum Gasteiger partial charge on any atom is -0.396 e. The van der Waals surface area contributed by atoms with Crippen LogP contribution in [0.1, 0.15) is 36.5 Å². The summed E-state index contributed by atoms with van der Waals surface area (Å²) >= 11 is 0. The van der Waals surface area contributed by atoms with Gasteiger partial charge in [-0.3, -0.25) is 9.89 Å². The first kappa shape index (κ1) is 14.5. The molecule has 1 amide bonds. The van der Waals surface area contributed by atoms with Crippen LogP contribution in [0.2, 0.25) is 0 Å². The second-order valence-electron chi connectivity index (χ2n) is 5.02. The molecule has 1 aromatic heterocycles. The first-order chi connectivity index (χ1) is 9.76. The third-order valence-corrected chi connectivity index (χ3v) is 3.51. The molecule has 3 N–H and O–H groups in total. The smallest absolute Gasteiger partial charge is 0.253 e. The Labute approximate surface area is 118 Å². The number of fused-ring (bicyclic) bond motifs is 1. The van der Waals surface area contributed by atoms with Crippen LogP contribution in [-0.4, -0.2) is 34.4 Å². The number of aliphatic hydroxyl groups is 1. The minimum absolute atomic E-state index is 0.0982. The highest BCUT2D eigenvalue weighted by Crippen LogP contribution is 2.16. The first-order valence-electron chi connectivity index (χ1n) is 7.07. The van der Waals surface area contributed by atoms with E-state index in [9.17, 15) is 4.79 Å². The van der Waals surface area contributed by atoms with Crippen molar-refractivity contribution in [3.63, 3.8) is 0 Å². The van der Waals surface area contributed by atoms with Gasteiger partial charge in [-0.2, -0.15) is 5.10 Å². The first-order valence-corrected chi connectivity index (χ1v) is 7.07. The molecule has 0 radical (unpaired) electrons. The topological polar surface area (TPSA) is 78.0 Å². The lowest BCUT2D eigenvalue weighted by molar-refractivity contribution is 0.0944. The predicted molar refractivity (Wildman–Crippen MR) is 78.5 cm³/mol. The third-order valence-electron chi connectivity index (χ3n) is 3.51. The van der Waals surface area contributed by atoms with E-state index < -0.39 is 0 Å². The fourth-order valence-electron chi connectivity index (χ4n) is 2.43. The third kappa shape index (κ3) is 3.36. The van der Waals surface area contributed by atoms with Gasteiger partial charge in [0.2, 0.25) is 0 Å². The average molecular weight is 275 g/mol. The van der Waals surface area contributed by atoms with Crippen molar-refractivity contribution in [3.8, 4) is 0 Å². The highest BCUT2D eigenvalue weighted by Gasteiger charge is 2.13. The van der Waals surface area contributed by atoms with Crippen LogP contribution in [0.5, 0.6) is 0 Å². The number of aromatic amines is 1. The second-order valence-corrected chi connectivity index (χ2v) is 5.02. The summed E-state index contributed by atoms with van der Waals surface area (Å²) in [6.07, 6.45) is 4.49. The molecule has 5 nitrogen and oxygen atoms in total. The summed E-state index contributed by atoms with van der Waals surface area (Å²) in [5.74, 6) is 0.230. The number of hydrogen-bond acceptors (Lipinski definition) is 3. The van der Waals surface area contributed by atoms with Crippen LogP contribution in [0.4, 0.5) is 0 Å². The Morgan fingerprint density at radius 3 is 3.05 bits per heavy atom. The second kappa shape index (κ2) is 7.05. The van der Waals surface area contributed by atoms with Gasteiger partial charge < -0.3 is 10.4 Å². The van der Waals surface area contributed by atoms with Gasteiger partial charge >= 0.3 is 0 Å². The molecule has 5 heteroatoms. The maximum Gasteiger partial charge on any atom is 0.253 e. The standard InChI is InChI=1S/C15H21N3O2/c1-2-4-11(7-8-19)9-16-15(20)13-6-3-5-12-10-17-18-14(12)13/h3,5-6,10-11,19H,2,4,7-9H2,1H3,(H,16,20)(H,17,18). The number of aliphatic hydroxyl groups excluding tert-OH is 1. The van der Waals surface area contributed by atoms with Gasteiger partial charge in [0.25, 0.3) is 5.91 Å². The molecule has 2 rings (SSSR count). The van der Waals surface area contributed by atoms with Crippen LogP contribution in [0.3, 0.4) is 0 Å². The van der Waals surface area contributed by atoms with Gasteiger partial charge in [-0.1, -0.05) is 25.5 Å². The highest BCUT2D eigenvalue weighted by atomic mass is 16.3. The van der Waals surface area contributed by atoms with Crippen molar-refractivity contribution in [2.75, 3.05) is 13.2 Å². The molecule has 2 aromatic rings. The number of para-hydroxylation sites is 1. The molecule has 0 bridgehead atoms. The van der Waals surface area contributed by atoms with E-state index in [2.05, 4.69) is 22.4 Å². The molecule has 20 heavy (non-hydrogen) atoms. The van der Waals surface area contributed by atoms with Gasteiger partial charge in [0.05, 0.1) is 17.3 Å². The van der Waals surface area contributed by atoms with Gasteiger partial charge in [-0.25, -0.2) is 0 Å². The zero-order valence-electron chi connectivity index (χ0n) is 11.7. The summed E-state index contributed by atoms with van der Waals surface area (Å²) in [5, 5.41) is 19.7. The van der Waals surface area contributed by atoms with E-state index in [1.165, 1.54) is 0 Å². The van der Waals surface area contributed by atoms with E-state index in [0.29, 0.717) is 18.0 Å². The molecule has 0 fully saturated rings. The number of carbonyl (C=O) groups excluding carboxylic acids is 1. The fourth-order valence-corrected chi connectivity index (χ4v) is 2.43. The zero-order chi connectivity index (χ0) is 14.4. The summed E-state index contributed by atoms with van der Waals surface area (Å²) < 4.78 is 0. The van der Waals surface area contributed by atoms with Gasteiger partial charge in [-0.15, -0.1) is 0 Å². The van der Waals surface area contributed by atoms with Crippen molar-refractivity contribution in [2.24, 2.45) is 5.92 Å². The Hall–Kier alpha value is -1.88. The minimum atomic E-state index is -0.0982. The number of aromatic nitrogens is 2. The van der Waals surface area contributed by atoms with Crippen LogP contribution in [0.25, 0.3) is 10.9 Å². The van der Waals surface area contributed by atoms with Gasteiger partial charge in [0.15, 0.2) is 0 Å². The van der Waals surface area contributed by atoms with Crippen molar-refractivity contribution in [2.45, 2.75) is 26.2 Å². The van der Waals surface area contributed by atoms with Gasteiger partial charge in [0.1, 0.15) is 0 Å². The lowest BCUT2D eigenvalue weighted by Crippen LogP contribution is -2.30. The molecular weight excluding hydrogens is 254 g/mol. The van der Waals surface area contributed by atoms with E-state index in [-0.39, 0.29) is 12.5 Å². The zero-order valence-corrected chi connectivity index (χ0v) is 11.7. The van der Waals surface area contributed by atoms with Crippen LogP contribution < -0.4 is 5.32 Å². The normalized spacial score (nSPS) is 12.5. The Balaban J connectivity index is 2.02. The van der Waals surface area contributed by atoms with E-state index in [0.717, 1.165) is 30.2 Å². The Morgan fingerprint density at radius 1 is 1.45 bits per heavy atom. The van der Waals surface area contributed by atoms with Crippen molar-refractivity contribution in [3.05, 3.63) is 30.0 Å². The molecular formula is C15H21N3O2. The van der Waals surface area contributed by atoms with Crippen LogP contribution >= 0.6 is 0 Å². The number of amides is 1. The molecule has 1 heterocycles. The number of nitrogens with zero attached hydrogens (tertiary/aromatic N) is 1. The molecule has 1 aromatic carbocycles. The monoisotopic (exact) mass is 275 g/mol. The number of benzene rings is 1. The maximum atomic E-state index is 12.2. The fraction of sp³-hybridized carbons (Fsp3) is 0.467. The number of H-pyrrole nitrogens is 1. The molecule has 1 unspecified atom stereocenters. The number of carbonyl (C=O) groups is 1. The Bertz CT molecular complexity index is 559. The number of rotatable bonds is 7. The van der Waals surface area contributed by atoms with Crippen molar-refractivity contribution in [1.29, 1.82) is 0 Å². The highest BCUT2D eigenvalue weighted by molar-refractivity contribution is 6.05. The van der Waals surface area contributed by atoms with Gasteiger partial charge in [0, 0.05) is 18.5 Å². The van der Waals surface area contributed by atoms with Crippen molar-refractivity contribution < 1.29 is 9.90 Å². The molecule has 1 atom stereocenters. The van der Waals surface area contributed by atoms with Gasteiger partial charge in [-0.05, 0) is 24.8 Å². The largest absolute Gasteiger partial charge is 0.396 e. The van der Waals surface area contributed by atoms with E-state index in [1.807, 2.05) is 12.1 Å². The molecule has 108 valence electrons. The predicted octanol–water partition coefficient (Wildman–Crippen LogP) is 2.09. The Kier molecular flexibility index (Phi) is 5.12. The van der Waals surface area contributed by atoms with Crippen LogP contribution in [-0.2, 0) is 0 Å². The molecule has 0 spiro atoms. The van der Waals surface area contributed by atoms with E-state index in [1.54, 1.807) is 12.3 Å². The Morgan fingerprint density at radius 2 is 2.30 bits per heavy atom. The summed E-state index contributed by atoms with van der Waals surface area (Å²) in [7, 11) is 0. The molecule has 0 saturated carbocycles. The van der Waals surface area contributed by atoms with E-state index >= 15 is 0 Å². The summed E-state index contributed by atoms with van der Waals surface area (Å²) in [6, 6.07) is 5.56. The lowest BCUT2D eigenvalue weighted by Gasteiger charge is -2.15. The molecule has 0 saturated heterocycles. The molecule has 0 aliphatic carbocycles. The SMILES string of the molecule is CCCC(CCO)CNC(=O)c1cccc2cn[nH]c12. The lowest BCUT2D eigenvalue weighted by atomic mass is 10.00. The maximum absolute atomic E-state index is 12.2. The quantitative estimate of drug-likeness (QED) is 0.724. The summed E-state index contributed by atoms with van der Waals surface area (Å²) in [5.41, 5.74) is 1.37. The van der Waals surface area contributed by atoms with Crippen molar-refractivity contribution >= 4 is 16.8 Å². The summed E-state index contributed by atoms with van der Waals surface area (Å²) in [4.78, 5) is 12.2. The number of nitrogens with one attached hydrogen (secondary N) is 2. The molecule has 0 aliphatic rings. The van der Waals surface area contributed by atoms with Crippen LogP contribution in [0, 0.1) is 5.92 Å². The number of hydrogen-bond donors (Lipinski definition) is 3. The summed E-state index contributed by atoms with van der Waals surface area (Å²) in [6.45, 7) is 2.87. The van der Waals surface area contributed by atoms with E-state index in [4.69, 9.17) is 5.11 Å². The average Bonchev–Trinajstić information content (AvgIpc) is 2.93.